The molecule has 1 unspecified atom stereocenters. The van der Waals surface area contributed by atoms with Gasteiger partial charge in [0.25, 0.3) is 15.9 Å². The molecule has 1 atom stereocenters. The Labute approximate surface area is 165 Å². The number of sulfonamides is 1. The van der Waals surface area contributed by atoms with E-state index in [4.69, 9.17) is 16.3 Å². The Morgan fingerprint density at radius 1 is 1.48 bits per heavy atom. The molecule has 1 aromatic heterocycles. The van der Waals surface area contributed by atoms with E-state index in [1.165, 1.54) is 11.0 Å². The average Bonchev–Trinajstić information content (AvgIpc) is 3.05. The van der Waals surface area contributed by atoms with Gasteiger partial charge in [-0.3, -0.25) is 9.52 Å². The summed E-state index contributed by atoms with van der Waals surface area (Å²) in [4.78, 5) is 17.6. The Morgan fingerprint density at radius 2 is 2.26 bits per heavy atom. The molecule has 1 fully saturated rings. The number of nitrogens with one attached hydrogen (secondary N) is 1. The Bertz CT molecular complexity index is 947. The minimum atomic E-state index is -3.81. The number of halogens is 1. The van der Waals surface area contributed by atoms with Crippen LogP contribution >= 0.6 is 22.9 Å². The molecule has 1 saturated heterocycles. The molecule has 3 rings (SSSR count). The van der Waals surface area contributed by atoms with Crippen LogP contribution in [0.5, 0.6) is 0 Å². The van der Waals surface area contributed by atoms with E-state index in [0.717, 1.165) is 11.3 Å². The highest BCUT2D eigenvalue weighted by atomic mass is 35.5. The second-order valence-corrected chi connectivity index (χ2v) is 8.83. The summed E-state index contributed by atoms with van der Waals surface area (Å²) in [6.07, 6.45) is -0.982. The zero-order valence-electron chi connectivity index (χ0n) is 14.4. The van der Waals surface area contributed by atoms with Gasteiger partial charge < -0.3 is 14.7 Å². The molecule has 1 aliphatic rings. The van der Waals surface area contributed by atoms with Gasteiger partial charge in [-0.15, -0.1) is 11.3 Å². The Balaban J connectivity index is 1.65. The molecule has 1 aliphatic heterocycles. The topological polar surface area (TPSA) is 109 Å². The summed E-state index contributed by atoms with van der Waals surface area (Å²) in [6, 6.07) is 4.68. The average molecular weight is 432 g/mol. The summed E-state index contributed by atoms with van der Waals surface area (Å²) in [5.74, 6) is -0.478. The van der Waals surface area contributed by atoms with Crippen LogP contribution in [0, 0.1) is 6.92 Å². The maximum absolute atomic E-state index is 12.6. The van der Waals surface area contributed by atoms with Crippen LogP contribution in [0.1, 0.15) is 11.3 Å². The van der Waals surface area contributed by atoms with Crippen molar-refractivity contribution in [3.8, 4) is 0 Å². The molecule has 1 aromatic carbocycles. The van der Waals surface area contributed by atoms with E-state index in [1.807, 2.05) is 0 Å². The highest BCUT2D eigenvalue weighted by molar-refractivity contribution is 7.93. The number of hydrogen-bond acceptors (Lipinski definition) is 7. The number of hydrogen-bond donors (Lipinski definition) is 2. The predicted octanol–water partition coefficient (Wildman–Crippen LogP) is 1.63. The molecule has 27 heavy (non-hydrogen) atoms. The third-order valence-corrected chi connectivity index (χ3v) is 6.91. The number of benzene rings is 1. The van der Waals surface area contributed by atoms with Crippen LogP contribution in [0.3, 0.4) is 0 Å². The van der Waals surface area contributed by atoms with E-state index in [-0.39, 0.29) is 16.6 Å². The lowest BCUT2D eigenvalue weighted by Crippen LogP contribution is -2.48. The number of aliphatic hydroxyl groups is 1. The lowest BCUT2D eigenvalue weighted by Gasteiger charge is -2.29. The number of carbonyl (C=O) groups excluding carboxylic acids is 1. The number of anilines is 1. The van der Waals surface area contributed by atoms with Crippen molar-refractivity contribution in [2.75, 3.05) is 24.4 Å². The van der Waals surface area contributed by atoms with Gasteiger partial charge in [0.2, 0.25) is 6.29 Å². The standard InChI is InChI=1S/C16H18ClN3O5S2/c1-10-12(17)3-2-4-13(10)27(23,24)19-16-18-11(9-26-16)5-6-20-7-8-25-15(22)14(20)21/h2-4,9,15,22H,5-8H2,1H3,(H,18,19). The smallest absolute Gasteiger partial charge is 0.279 e. The molecule has 146 valence electrons. The first kappa shape index (κ1) is 20.0. The Morgan fingerprint density at radius 3 is 3.04 bits per heavy atom. The van der Waals surface area contributed by atoms with Crippen LogP contribution in [0.15, 0.2) is 28.5 Å². The Kier molecular flexibility index (Phi) is 6.02. The lowest BCUT2D eigenvalue weighted by atomic mass is 10.2. The lowest BCUT2D eigenvalue weighted by molar-refractivity contribution is -0.183. The maximum Gasteiger partial charge on any atom is 0.279 e. The molecule has 0 saturated carbocycles. The first-order valence-corrected chi connectivity index (χ1v) is 10.8. The van der Waals surface area contributed by atoms with E-state index >= 15 is 0 Å². The normalized spacial score (nSPS) is 18.0. The SMILES string of the molecule is Cc1c(Cl)cccc1S(=O)(=O)Nc1nc(CCN2CCOC(O)C2=O)cs1. The van der Waals surface area contributed by atoms with Crippen LogP contribution in [-0.2, 0) is 26.0 Å². The van der Waals surface area contributed by atoms with E-state index in [1.54, 1.807) is 24.4 Å². The van der Waals surface area contributed by atoms with E-state index < -0.39 is 22.2 Å². The molecule has 0 radical (unpaired) electrons. The monoisotopic (exact) mass is 431 g/mol. The Hall–Kier alpha value is -1.72. The molecule has 2 aromatic rings. The number of aromatic nitrogens is 1. The van der Waals surface area contributed by atoms with Crippen molar-refractivity contribution in [1.82, 2.24) is 9.88 Å². The fraction of sp³-hybridized carbons (Fsp3) is 0.375. The van der Waals surface area contributed by atoms with Crippen molar-refractivity contribution in [3.05, 3.63) is 39.9 Å². The van der Waals surface area contributed by atoms with E-state index in [9.17, 15) is 18.3 Å². The molecule has 0 bridgehead atoms. The minimum Gasteiger partial charge on any atom is -0.361 e. The number of rotatable bonds is 6. The molecular weight excluding hydrogens is 414 g/mol. The summed E-state index contributed by atoms with van der Waals surface area (Å²) in [7, 11) is -3.81. The number of carbonyl (C=O) groups is 1. The van der Waals surface area contributed by atoms with Gasteiger partial charge in [0.15, 0.2) is 5.13 Å². The van der Waals surface area contributed by atoms with Crippen molar-refractivity contribution >= 4 is 44.0 Å². The highest BCUT2D eigenvalue weighted by Crippen LogP contribution is 2.26. The van der Waals surface area contributed by atoms with Gasteiger partial charge in [-0.1, -0.05) is 17.7 Å². The molecule has 0 aliphatic carbocycles. The molecule has 2 heterocycles. The van der Waals surface area contributed by atoms with E-state index in [2.05, 4.69) is 9.71 Å². The van der Waals surface area contributed by atoms with Crippen molar-refractivity contribution < 1.29 is 23.1 Å². The van der Waals surface area contributed by atoms with Gasteiger partial charge in [-0.2, -0.15) is 0 Å². The molecule has 1 amide bonds. The van der Waals surface area contributed by atoms with Gasteiger partial charge in [-0.25, -0.2) is 13.4 Å². The van der Waals surface area contributed by atoms with Crippen LogP contribution < -0.4 is 4.72 Å². The van der Waals surface area contributed by atoms with Crippen molar-refractivity contribution in [1.29, 1.82) is 0 Å². The second kappa shape index (κ2) is 8.11. The van der Waals surface area contributed by atoms with Gasteiger partial charge in [0.1, 0.15) is 0 Å². The summed E-state index contributed by atoms with van der Waals surface area (Å²) >= 11 is 7.16. The number of thiazole rings is 1. The van der Waals surface area contributed by atoms with Crippen LogP contribution in [0.2, 0.25) is 5.02 Å². The molecule has 8 nitrogen and oxygen atoms in total. The van der Waals surface area contributed by atoms with Crippen LogP contribution in [-0.4, -0.2) is 55.3 Å². The van der Waals surface area contributed by atoms with Crippen molar-refractivity contribution in [3.63, 3.8) is 0 Å². The summed E-state index contributed by atoms with van der Waals surface area (Å²) < 4.78 is 32.5. The molecule has 0 spiro atoms. The fourth-order valence-electron chi connectivity index (χ4n) is 2.60. The second-order valence-electron chi connectivity index (χ2n) is 5.91. The third-order valence-electron chi connectivity index (χ3n) is 4.08. The number of ether oxygens (including phenoxy) is 1. The highest BCUT2D eigenvalue weighted by Gasteiger charge is 2.27. The van der Waals surface area contributed by atoms with Crippen molar-refractivity contribution in [2.45, 2.75) is 24.5 Å². The number of morpholine rings is 1. The van der Waals surface area contributed by atoms with Crippen LogP contribution in [0.25, 0.3) is 0 Å². The summed E-state index contributed by atoms with van der Waals surface area (Å²) in [6.45, 7) is 2.67. The molecule has 2 N–H and O–H groups in total. The number of nitrogens with zero attached hydrogens (tertiary/aromatic N) is 2. The summed E-state index contributed by atoms with van der Waals surface area (Å²) in [5.41, 5.74) is 1.11. The largest absolute Gasteiger partial charge is 0.361 e. The van der Waals surface area contributed by atoms with Crippen LogP contribution in [0.4, 0.5) is 5.13 Å². The number of aliphatic hydroxyl groups excluding tert-OH is 1. The van der Waals surface area contributed by atoms with E-state index in [0.29, 0.717) is 35.8 Å². The molecular formula is C16H18ClN3O5S2. The van der Waals surface area contributed by atoms with Gasteiger partial charge in [-0.05, 0) is 24.6 Å². The zero-order chi connectivity index (χ0) is 19.6. The maximum atomic E-state index is 12.6. The third kappa shape index (κ3) is 4.58. The van der Waals surface area contributed by atoms with Gasteiger partial charge in [0.05, 0.1) is 17.2 Å². The number of amides is 1. The fourth-order valence-corrected chi connectivity index (χ4v) is 5.10. The predicted molar refractivity (Wildman–Crippen MR) is 101 cm³/mol. The zero-order valence-corrected chi connectivity index (χ0v) is 16.8. The quantitative estimate of drug-likeness (QED) is 0.719. The van der Waals surface area contributed by atoms with Gasteiger partial charge in [0, 0.05) is 29.9 Å². The molecule has 11 heteroatoms. The van der Waals surface area contributed by atoms with Gasteiger partial charge >= 0.3 is 0 Å². The first-order chi connectivity index (χ1) is 12.8. The summed E-state index contributed by atoms with van der Waals surface area (Å²) in [5, 5.41) is 11.7. The minimum absolute atomic E-state index is 0.0969. The van der Waals surface area contributed by atoms with Crippen molar-refractivity contribution in [2.24, 2.45) is 0 Å². The first-order valence-electron chi connectivity index (χ1n) is 8.09.